The van der Waals surface area contributed by atoms with Gasteiger partial charge >= 0.3 is 5.97 Å². The predicted molar refractivity (Wildman–Crippen MR) is 95.9 cm³/mol. The van der Waals surface area contributed by atoms with E-state index in [0.717, 1.165) is 0 Å². The molecule has 1 amide bonds. The van der Waals surface area contributed by atoms with Crippen molar-refractivity contribution >= 4 is 23.3 Å². The van der Waals surface area contributed by atoms with Gasteiger partial charge in [-0.15, -0.1) is 0 Å². The van der Waals surface area contributed by atoms with Crippen molar-refractivity contribution in [2.24, 2.45) is 5.92 Å². The number of ketones is 1. The van der Waals surface area contributed by atoms with Gasteiger partial charge in [-0.3, -0.25) is 14.6 Å². The van der Waals surface area contributed by atoms with Crippen molar-refractivity contribution in [2.45, 2.75) is 27.2 Å². The molecule has 0 aliphatic carbocycles. The van der Waals surface area contributed by atoms with Crippen molar-refractivity contribution in [3.05, 3.63) is 53.6 Å². The molecule has 136 valence electrons. The summed E-state index contributed by atoms with van der Waals surface area (Å²) in [4.78, 5) is 43.5. The molecule has 0 atom stereocenters. The number of anilines is 1. The van der Waals surface area contributed by atoms with Crippen LogP contribution in [0.1, 0.15) is 46.8 Å². The van der Waals surface area contributed by atoms with Crippen molar-refractivity contribution in [1.82, 2.24) is 9.97 Å². The lowest BCUT2D eigenvalue weighted by molar-refractivity contribution is -0.116. The van der Waals surface area contributed by atoms with Crippen LogP contribution in [0.4, 0.5) is 5.69 Å². The molecule has 0 saturated heterocycles. The second-order valence-corrected chi connectivity index (χ2v) is 6.27. The molecule has 1 aromatic carbocycles. The maximum absolute atomic E-state index is 12.1. The molecule has 7 heteroatoms. The maximum atomic E-state index is 12.1. The summed E-state index contributed by atoms with van der Waals surface area (Å²) in [6.45, 7) is 5.28. The zero-order valence-corrected chi connectivity index (χ0v) is 15.0. The molecular weight excluding hydrogens is 334 g/mol. The molecule has 1 N–H and O–H groups in total. The van der Waals surface area contributed by atoms with Crippen molar-refractivity contribution in [3.8, 4) is 0 Å². The van der Waals surface area contributed by atoms with Crippen LogP contribution in [-0.4, -0.2) is 34.2 Å². The smallest absolute Gasteiger partial charge is 0.358 e. The van der Waals surface area contributed by atoms with Crippen LogP contribution in [0.25, 0.3) is 0 Å². The number of nitrogens with zero attached hydrogens (tertiary/aromatic N) is 2. The summed E-state index contributed by atoms with van der Waals surface area (Å²) in [6.07, 6.45) is 3.18. The minimum absolute atomic E-state index is 0.0478. The maximum Gasteiger partial charge on any atom is 0.358 e. The number of ether oxygens (including phenoxy) is 1. The molecule has 2 aromatic rings. The van der Waals surface area contributed by atoms with E-state index in [0.29, 0.717) is 23.4 Å². The van der Waals surface area contributed by atoms with Crippen molar-refractivity contribution in [2.75, 3.05) is 11.9 Å². The van der Waals surface area contributed by atoms with E-state index in [2.05, 4.69) is 15.3 Å². The first-order valence-electron chi connectivity index (χ1n) is 8.24. The fourth-order valence-corrected chi connectivity index (χ4v) is 2.11. The van der Waals surface area contributed by atoms with Gasteiger partial charge in [-0.25, -0.2) is 9.78 Å². The van der Waals surface area contributed by atoms with Crippen molar-refractivity contribution in [1.29, 1.82) is 0 Å². The number of esters is 1. The minimum atomic E-state index is -0.705. The molecule has 26 heavy (non-hydrogen) atoms. The van der Waals surface area contributed by atoms with Gasteiger partial charge in [0.2, 0.25) is 5.91 Å². The topological polar surface area (TPSA) is 98.2 Å². The molecule has 0 spiro atoms. The zero-order valence-electron chi connectivity index (χ0n) is 15.0. The van der Waals surface area contributed by atoms with Crippen LogP contribution in [-0.2, 0) is 9.53 Å². The number of carbonyl (C=O) groups excluding carboxylic acids is 3. The number of Topliss-reactive ketones (excluding diaryl/α,β-unsaturated/α-hetero) is 1. The first kappa shape index (κ1) is 19.2. The molecule has 0 fully saturated rings. The second-order valence-electron chi connectivity index (χ2n) is 6.27. The van der Waals surface area contributed by atoms with Crippen molar-refractivity contribution < 1.29 is 19.1 Å². The Morgan fingerprint density at radius 1 is 1.08 bits per heavy atom. The molecule has 0 radical (unpaired) electrons. The van der Waals surface area contributed by atoms with E-state index < -0.39 is 12.6 Å². The Hall–Kier alpha value is -3.09. The molecule has 0 unspecified atom stereocenters. The van der Waals surface area contributed by atoms with E-state index in [1.807, 2.05) is 13.8 Å². The Bertz CT molecular complexity index is 783. The zero-order chi connectivity index (χ0) is 19.1. The van der Waals surface area contributed by atoms with Crippen LogP contribution in [0.15, 0.2) is 36.7 Å². The van der Waals surface area contributed by atoms with Gasteiger partial charge < -0.3 is 10.1 Å². The van der Waals surface area contributed by atoms with E-state index >= 15 is 0 Å². The Kier molecular flexibility index (Phi) is 6.54. The monoisotopic (exact) mass is 355 g/mol. The van der Waals surface area contributed by atoms with Gasteiger partial charge in [0.1, 0.15) is 0 Å². The third kappa shape index (κ3) is 5.77. The summed E-state index contributed by atoms with van der Waals surface area (Å²) in [6, 6.07) is 6.43. The van der Waals surface area contributed by atoms with E-state index in [1.54, 1.807) is 31.2 Å². The Morgan fingerprint density at radius 3 is 2.35 bits per heavy atom. The molecule has 0 aliphatic rings. The molecule has 1 aromatic heterocycles. The van der Waals surface area contributed by atoms with E-state index in [9.17, 15) is 14.4 Å². The average molecular weight is 355 g/mol. The minimum Gasteiger partial charge on any atom is -0.453 e. The summed E-state index contributed by atoms with van der Waals surface area (Å²) >= 11 is 0. The Labute approximate surface area is 151 Å². The highest BCUT2D eigenvalue weighted by atomic mass is 16.5. The standard InChI is InChI=1S/C19H21N3O4/c1-12(2)8-18(24)22-15-6-4-14(5-7-15)17(23)11-26-19(25)16-10-20-13(3)9-21-16/h4-7,9-10,12H,8,11H2,1-3H3,(H,22,24). The fourth-order valence-electron chi connectivity index (χ4n) is 2.11. The average Bonchev–Trinajstić information content (AvgIpc) is 2.60. The number of rotatable bonds is 7. The van der Waals surface area contributed by atoms with Gasteiger partial charge in [0.25, 0.3) is 0 Å². The number of benzene rings is 1. The van der Waals surface area contributed by atoms with Crippen LogP contribution >= 0.6 is 0 Å². The highest BCUT2D eigenvalue weighted by molar-refractivity contribution is 5.99. The molecule has 0 bridgehead atoms. The number of hydrogen-bond donors (Lipinski definition) is 1. The predicted octanol–water partition coefficient (Wildman–Crippen LogP) is 2.81. The Balaban J connectivity index is 1.88. The first-order valence-corrected chi connectivity index (χ1v) is 8.24. The second kappa shape index (κ2) is 8.84. The molecule has 0 aliphatic heterocycles. The largest absolute Gasteiger partial charge is 0.453 e. The summed E-state index contributed by atoms with van der Waals surface area (Å²) in [5.41, 5.74) is 1.72. The van der Waals surface area contributed by atoms with Gasteiger partial charge in [0.15, 0.2) is 18.1 Å². The van der Waals surface area contributed by atoms with Gasteiger partial charge in [0, 0.05) is 23.9 Å². The van der Waals surface area contributed by atoms with Crippen LogP contribution in [0.2, 0.25) is 0 Å². The normalized spacial score (nSPS) is 10.5. The number of carbonyl (C=O) groups is 3. The number of hydrogen-bond acceptors (Lipinski definition) is 6. The molecular formula is C19H21N3O4. The summed E-state index contributed by atoms with van der Waals surface area (Å²) in [7, 11) is 0. The summed E-state index contributed by atoms with van der Waals surface area (Å²) in [5.74, 6) is -0.863. The number of amides is 1. The fraction of sp³-hybridized carbons (Fsp3) is 0.316. The summed E-state index contributed by atoms with van der Waals surface area (Å²) < 4.78 is 4.96. The first-order chi connectivity index (χ1) is 12.3. The molecule has 7 nitrogen and oxygen atoms in total. The van der Waals surface area contributed by atoms with Crippen molar-refractivity contribution in [3.63, 3.8) is 0 Å². The molecule has 2 rings (SSSR count). The number of nitrogens with one attached hydrogen (secondary N) is 1. The van der Waals surface area contributed by atoms with E-state index in [-0.39, 0.29) is 23.3 Å². The lowest BCUT2D eigenvalue weighted by Crippen LogP contribution is -2.16. The third-order valence-electron chi connectivity index (χ3n) is 3.41. The lowest BCUT2D eigenvalue weighted by Gasteiger charge is -2.08. The number of aryl methyl sites for hydroxylation is 1. The van der Waals surface area contributed by atoms with Crippen LogP contribution in [0.5, 0.6) is 0 Å². The number of aromatic nitrogens is 2. The van der Waals surface area contributed by atoms with Crippen LogP contribution < -0.4 is 5.32 Å². The highest BCUT2D eigenvalue weighted by Gasteiger charge is 2.13. The van der Waals surface area contributed by atoms with Gasteiger partial charge in [-0.05, 0) is 37.1 Å². The highest BCUT2D eigenvalue weighted by Crippen LogP contribution is 2.12. The van der Waals surface area contributed by atoms with Crippen LogP contribution in [0.3, 0.4) is 0 Å². The summed E-state index contributed by atoms with van der Waals surface area (Å²) in [5, 5.41) is 2.76. The lowest BCUT2D eigenvalue weighted by atomic mass is 10.1. The van der Waals surface area contributed by atoms with E-state index in [1.165, 1.54) is 12.4 Å². The van der Waals surface area contributed by atoms with Gasteiger partial charge in [-0.1, -0.05) is 13.8 Å². The van der Waals surface area contributed by atoms with Gasteiger partial charge in [0.05, 0.1) is 11.9 Å². The van der Waals surface area contributed by atoms with Crippen LogP contribution in [0, 0.1) is 12.8 Å². The SMILES string of the molecule is Cc1cnc(C(=O)OCC(=O)c2ccc(NC(=O)CC(C)C)cc2)cn1. The Morgan fingerprint density at radius 2 is 1.77 bits per heavy atom. The third-order valence-corrected chi connectivity index (χ3v) is 3.41. The molecule has 0 saturated carbocycles. The van der Waals surface area contributed by atoms with Gasteiger partial charge in [-0.2, -0.15) is 0 Å². The molecule has 1 heterocycles. The quantitative estimate of drug-likeness (QED) is 0.606. The van der Waals surface area contributed by atoms with E-state index in [4.69, 9.17) is 4.74 Å².